The third-order valence-corrected chi connectivity index (χ3v) is 3.43. The van der Waals surface area contributed by atoms with Crippen LogP contribution >= 0.6 is 0 Å². The molecule has 4 nitrogen and oxygen atoms in total. The van der Waals surface area contributed by atoms with Crippen molar-refractivity contribution < 1.29 is 4.79 Å². The van der Waals surface area contributed by atoms with Gasteiger partial charge in [0.05, 0.1) is 0 Å². The third-order valence-electron chi connectivity index (χ3n) is 3.43. The zero-order chi connectivity index (χ0) is 12.5. The number of carbonyl (C=O) groups excluding carboxylic acids is 1. The summed E-state index contributed by atoms with van der Waals surface area (Å²) in [5, 5.41) is 3.15. The van der Waals surface area contributed by atoms with Crippen molar-refractivity contribution in [1.29, 1.82) is 0 Å². The minimum Gasteiger partial charge on any atom is -0.352 e. The molecule has 1 atom stereocenters. The van der Waals surface area contributed by atoms with Gasteiger partial charge in [-0.15, -0.1) is 0 Å². The molecule has 0 aromatic rings. The van der Waals surface area contributed by atoms with Crippen molar-refractivity contribution in [2.45, 2.75) is 51.5 Å². The van der Waals surface area contributed by atoms with Gasteiger partial charge in [-0.1, -0.05) is 13.3 Å². The number of nitrogens with one attached hydrogen (secondary N) is 1. The van der Waals surface area contributed by atoms with E-state index in [0.29, 0.717) is 12.5 Å². The first-order valence-electron chi connectivity index (χ1n) is 6.98. The Morgan fingerprint density at radius 1 is 1.41 bits per heavy atom. The Bertz CT molecular complexity index is 221. The van der Waals surface area contributed by atoms with Crippen LogP contribution in [0.25, 0.3) is 0 Å². The van der Waals surface area contributed by atoms with Crippen LogP contribution in [-0.4, -0.2) is 43.0 Å². The Kier molecular flexibility index (Phi) is 7.21. The molecule has 1 amide bonds. The molecule has 0 bridgehead atoms. The molecule has 1 fully saturated rings. The van der Waals surface area contributed by atoms with Crippen molar-refractivity contribution in [3.8, 4) is 0 Å². The average Bonchev–Trinajstić information content (AvgIpc) is 2.35. The van der Waals surface area contributed by atoms with E-state index in [-0.39, 0.29) is 5.91 Å². The van der Waals surface area contributed by atoms with E-state index in [9.17, 15) is 4.79 Å². The summed E-state index contributed by atoms with van der Waals surface area (Å²) in [5.41, 5.74) is 5.42. The van der Waals surface area contributed by atoms with E-state index >= 15 is 0 Å². The number of likely N-dealkylation sites (tertiary alicyclic amines) is 1. The number of piperidine rings is 1. The average molecular weight is 241 g/mol. The summed E-state index contributed by atoms with van der Waals surface area (Å²) in [5.74, 6) is 0.213. The first kappa shape index (κ1) is 14.5. The summed E-state index contributed by atoms with van der Waals surface area (Å²) in [6.07, 6.45) is 6.04. The molecule has 3 N–H and O–H groups in total. The van der Waals surface area contributed by atoms with Crippen molar-refractivity contribution in [2.75, 3.05) is 26.2 Å². The van der Waals surface area contributed by atoms with Gasteiger partial charge in [-0.05, 0) is 45.3 Å². The van der Waals surface area contributed by atoms with Gasteiger partial charge in [-0.2, -0.15) is 0 Å². The highest BCUT2D eigenvalue weighted by atomic mass is 16.1. The topological polar surface area (TPSA) is 58.4 Å². The Balaban J connectivity index is 2.12. The van der Waals surface area contributed by atoms with Gasteiger partial charge < -0.3 is 16.0 Å². The molecule has 0 spiro atoms. The maximum atomic E-state index is 11.7. The van der Waals surface area contributed by atoms with Crippen LogP contribution in [0.15, 0.2) is 0 Å². The van der Waals surface area contributed by atoms with Gasteiger partial charge in [0.15, 0.2) is 0 Å². The number of carbonyl (C=O) groups is 1. The fourth-order valence-corrected chi connectivity index (χ4v) is 2.37. The SMILES string of the molecule is CCN1CCCC(NC(=O)CCCCCN)C1. The first-order chi connectivity index (χ1) is 8.26. The fourth-order valence-electron chi connectivity index (χ4n) is 2.37. The van der Waals surface area contributed by atoms with Crippen LogP contribution in [-0.2, 0) is 4.79 Å². The zero-order valence-corrected chi connectivity index (χ0v) is 11.1. The molecule has 0 radical (unpaired) electrons. The van der Waals surface area contributed by atoms with E-state index in [1.807, 2.05) is 0 Å². The molecule has 1 unspecified atom stereocenters. The second-order valence-electron chi connectivity index (χ2n) is 4.90. The lowest BCUT2D eigenvalue weighted by Crippen LogP contribution is -2.47. The summed E-state index contributed by atoms with van der Waals surface area (Å²) < 4.78 is 0. The van der Waals surface area contributed by atoms with Crippen LogP contribution in [0.4, 0.5) is 0 Å². The molecular weight excluding hydrogens is 214 g/mol. The van der Waals surface area contributed by atoms with Gasteiger partial charge in [-0.25, -0.2) is 0 Å². The van der Waals surface area contributed by atoms with Gasteiger partial charge in [0.1, 0.15) is 0 Å². The number of nitrogens with two attached hydrogens (primary N) is 1. The van der Waals surface area contributed by atoms with E-state index in [4.69, 9.17) is 5.73 Å². The largest absolute Gasteiger partial charge is 0.352 e. The second-order valence-corrected chi connectivity index (χ2v) is 4.90. The summed E-state index contributed by atoms with van der Waals surface area (Å²) in [6, 6.07) is 0.366. The van der Waals surface area contributed by atoms with Gasteiger partial charge in [0.2, 0.25) is 5.91 Å². The molecule has 1 rings (SSSR count). The van der Waals surface area contributed by atoms with Crippen molar-refractivity contribution >= 4 is 5.91 Å². The smallest absolute Gasteiger partial charge is 0.220 e. The van der Waals surface area contributed by atoms with Gasteiger partial charge in [0.25, 0.3) is 0 Å². The van der Waals surface area contributed by atoms with Crippen LogP contribution in [0.2, 0.25) is 0 Å². The lowest BCUT2D eigenvalue weighted by Gasteiger charge is -2.32. The molecule has 1 heterocycles. The number of hydrogen-bond donors (Lipinski definition) is 2. The molecular formula is C13H27N3O. The minimum atomic E-state index is 0.213. The Morgan fingerprint density at radius 3 is 2.94 bits per heavy atom. The highest BCUT2D eigenvalue weighted by Gasteiger charge is 2.19. The predicted octanol–water partition coefficient (Wildman–Crippen LogP) is 1.11. The Labute approximate surface area is 105 Å². The maximum Gasteiger partial charge on any atom is 0.220 e. The number of nitrogens with zero attached hydrogens (tertiary/aromatic N) is 1. The molecule has 0 aromatic heterocycles. The predicted molar refractivity (Wildman–Crippen MR) is 70.8 cm³/mol. The van der Waals surface area contributed by atoms with Crippen LogP contribution in [0.1, 0.15) is 45.4 Å². The fraction of sp³-hybridized carbons (Fsp3) is 0.923. The molecule has 0 aromatic carbocycles. The van der Waals surface area contributed by atoms with Crippen LogP contribution in [0, 0.1) is 0 Å². The van der Waals surface area contributed by atoms with E-state index in [2.05, 4.69) is 17.1 Å². The summed E-state index contributed by atoms with van der Waals surface area (Å²) >= 11 is 0. The summed E-state index contributed by atoms with van der Waals surface area (Å²) in [6.45, 7) is 6.19. The second kappa shape index (κ2) is 8.48. The lowest BCUT2D eigenvalue weighted by atomic mass is 10.1. The number of hydrogen-bond acceptors (Lipinski definition) is 3. The summed E-state index contributed by atoms with van der Waals surface area (Å²) in [7, 11) is 0. The van der Waals surface area contributed by atoms with E-state index in [1.165, 1.54) is 13.0 Å². The number of likely N-dealkylation sites (N-methyl/N-ethyl adjacent to an activating group) is 1. The lowest BCUT2D eigenvalue weighted by molar-refractivity contribution is -0.122. The van der Waals surface area contributed by atoms with Crippen molar-refractivity contribution in [2.24, 2.45) is 5.73 Å². The third kappa shape index (κ3) is 6.03. The molecule has 0 saturated carbocycles. The number of unbranched alkanes of at least 4 members (excludes halogenated alkanes) is 2. The zero-order valence-electron chi connectivity index (χ0n) is 11.1. The van der Waals surface area contributed by atoms with Gasteiger partial charge >= 0.3 is 0 Å². The van der Waals surface area contributed by atoms with Crippen molar-refractivity contribution in [1.82, 2.24) is 10.2 Å². The molecule has 0 aliphatic carbocycles. The molecule has 1 saturated heterocycles. The minimum absolute atomic E-state index is 0.213. The first-order valence-corrected chi connectivity index (χ1v) is 6.98. The van der Waals surface area contributed by atoms with Crippen LogP contribution < -0.4 is 11.1 Å². The number of rotatable bonds is 7. The van der Waals surface area contributed by atoms with E-state index in [1.54, 1.807) is 0 Å². The van der Waals surface area contributed by atoms with Crippen molar-refractivity contribution in [3.05, 3.63) is 0 Å². The van der Waals surface area contributed by atoms with Gasteiger partial charge in [0, 0.05) is 19.0 Å². The van der Waals surface area contributed by atoms with Gasteiger partial charge in [-0.3, -0.25) is 4.79 Å². The van der Waals surface area contributed by atoms with Crippen molar-refractivity contribution in [3.63, 3.8) is 0 Å². The normalized spacial score (nSPS) is 21.4. The highest BCUT2D eigenvalue weighted by molar-refractivity contribution is 5.76. The molecule has 1 aliphatic rings. The Hall–Kier alpha value is -0.610. The quantitative estimate of drug-likeness (QED) is 0.656. The van der Waals surface area contributed by atoms with Crippen LogP contribution in [0.3, 0.4) is 0 Å². The maximum absolute atomic E-state index is 11.7. The van der Waals surface area contributed by atoms with E-state index in [0.717, 1.165) is 45.3 Å². The van der Waals surface area contributed by atoms with Crippen LogP contribution in [0.5, 0.6) is 0 Å². The monoisotopic (exact) mass is 241 g/mol. The van der Waals surface area contributed by atoms with E-state index < -0.39 is 0 Å². The molecule has 17 heavy (non-hydrogen) atoms. The Morgan fingerprint density at radius 2 is 2.24 bits per heavy atom. The number of amides is 1. The molecule has 1 aliphatic heterocycles. The standard InChI is InChI=1S/C13H27N3O/c1-2-16-10-6-7-12(11-16)15-13(17)8-4-3-5-9-14/h12H,2-11,14H2,1H3,(H,15,17). The molecule has 100 valence electrons. The molecule has 4 heteroatoms. The summed E-state index contributed by atoms with van der Waals surface area (Å²) in [4.78, 5) is 14.1. The highest BCUT2D eigenvalue weighted by Crippen LogP contribution is 2.10.